The van der Waals surface area contributed by atoms with Gasteiger partial charge in [0.15, 0.2) is 0 Å². The fraction of sp³-hybridized carbons (Fsp3) is 0.312. The number of pyridine rings is 1. The molecule has 0 saturated carbocycles. The van der Waals surface area contributed by atoms with Crippen molar-refractivity contribution in [2.75, 3.05) is 31.2 Å². The molecule has 1 aliphatic heterocycles. The average molecular weight is 269 g/mol. The summed E-state index contributed by atoms with van der Waals surface area (Å²) in [6, 6.07) is 10.6. The van der Waals surface area contributed by atoms with Crippen LogP contribution in [0.3, 0.4) is 0 Å². The number of anilines is 1. The summed E-state index contributed by atoms with van der Waals surface area (Å²) in [5, 5.41) is 0. The Kier molecular flexibility index (Phi) is 3.95. The maximum Gasteiger partial charge on any atom is 0.0642 e. The van der Waals surface area contributed by atoms with Gasteiger partial charge in [-0.1, -0.05) is 6.07 Å². The molecular weight excluding hydrogens is 250 g/mol. The number of nitrogens with two attached hydrogens (primary N) is 1. The van der Waals surface area contributed by atoms with Gasteiger partial charge in [0.05, 0.1) is 13.2 Å². The lowest BCUT2D eigenvalue weighted by Crippen LogP contribution is -2.36. The van der Waals surface area contributed by atoms with Gasteiger partial charge < -0.3 is 15.4 Å². The van der Waals surface area contributed by atoms with E-state index < -0.39 is 0 Å². The van der Waals surface area contributed by atoms with Crippen molar-refractivity contribution < 1.29 is 4.74 Å². The minimum atomic E-state index is 0.538. The van der Waals surface area contributed by atoms with Crippen LogP contribution >= 0.6 is 0 Å². The van der Waals surface area contributed by atoms with E-state index in [0.29, 0.717) is 6.54 Å². The number of ether oxygens (including phenoxy) is 1. The van der Waals surface area contributed by atoms with Crippen LogP contribution in [0.25, 0.3) is 11.1 Å². The molecule has 0 amide bonds. The van der Waals surface area contributed by atoms with Gasteiger partial charge in [-0.25, -0.2) is 0 Å². The quantitative estimate of drug-likeness (QED) is 0.926. The summed E-state index contributed by atoms with van der Waals surface area (Å²) in [5.41, 5.74) is 10.7. The molecule has 0 radical (unpaired) electrons. The first kappa shape index (κ1) is 13.1. The van der Waals surface area contributed by atoms with E-state index in [1.54, 1.807) is 0 Å². The molecule has 2 aromatic rings. The molecular formula is C16H19N3O. The van der Waals surface area contributed by atoms with Crippen LogP contribution in [0.2, 0.25) is 0 Å². The average Bonchev–Trinajstić information content (AvgIpc) is 2.56. The lowest BCUT2D eigenvalue weighted by Gasteiger charge is -2.29. The highest BCUT2D eigenvalue weighted by Crippen LogP contribution is 2.27. The van der Waals surface area contributed by atoms with Crippen molar-refractivity contribution in [1.29, 1.82) is 0 Å². The number of nitrogens with zero attached hydrogens (tertiary/aromatic N) is 2. The fourth-order valence-corrected chi connectivity index (χ4v) is 2.58. The Bertz CT molecular complexity index is 565. The lowest BCUT2D eigenvalue weighted by atomic mass is 9.99. The van der Waals surface area contributed by atoms with Gasteiger partial charge in [-0.3, -0.25) is 4.98 Å². The normalized spacial score (nSPS) is 15.3. The van der Waals surface area contributed by atoms with Crippen molar-refractivity contribution in [2.45, 2.75) is 6.54 Å². The van der Waals surface area contributed by atoms with Gasteiger partial charge in [0.1, 0.15) is 0 Å². The van der Waals surface area contributed by atoms with E-state index >= 15 is 0 Å². The summed E-state index contributed by atoms with van der Waals surface area (Å²) in [5.74, 6) is 0. The summed E-state index contributed by atoms with van der Waals surface area (Å²) in [7, 11) is 0. The topological polar surface area (TPSA) is 51.4 Å². The highest BCUT2D eigenvalue weighted by molar-refractivity contribution is 5.70. The van der Waals surface area contributed by atoms with Gasteiger partial charge in [-0.2, -0.15) is 0 Å². The molecule has 1 aromatic carbocycles. The summed E-state index contributed by atoms with van der Waals surface area (Å²) >= 11 is 0. The van der Waals surface area contributed by atoms with Crippen molar-refractivity contribution in [3.8, 4) is 11.1 Å². The molecule has 4 nitrogen and oxygen atoms in total. The van der Waals surface area contributed by atoms with E-state index in [0.717, 1.165) is 31.9 Å². The second-order valence-corrected chi connectivity index (χ2v) is 4.88. The minimum absolute atomic E-state index is 0.538. The molecule has 1 fully saturated rings. The van der Waals surface area contributed by atoms with Crippen LogP contribution in [0.1, 0.15) is 5.56 Å². The van der Waals surface area contributed by atoms with E-state index in [4.69, 9.17) is 10.5 Å². The zero-order valence-corrected chi connectivity index (χ0v) is 11.5. The van der Waals surface area contributed by atoms with Crippen LogP contribution in [0.4, 0.5) is 5.69 Å². The largest absolute Gasteiger partial charge is 0.378 e. The smallest absolute Gasteiger partial charge is 0.0642 e. The highest BCUT2D eigenvalue weighted by atomic mass is 16.5. The Morgan fingerprint density at radius 2 is 1.85 bits per heavy atom. The summed E-state index contributed by atoms with van der Waals surface area (Å²) < 4.78 is 5.40. The second kappa shape index (κ2) is 6.03. The minimum Gasteiger partial charge on any atom is -0.378 e. The predicted octanol–water partition coefficient (Wildman–Crippen LogP) is 2.04. The highest BCUT2D eigenvalue weighted by Gasteiger charge is 2.13. The van der Waals surface area contributed by atoms with Gasteiger partial charge in [-0.15, -0.1) is 0 Å². The van der Waals surface area contributed by atoms with Crippen molar-refractivity contribution >= 4 is 5.69 Å². The maximum atomic E-state index is 5.93. The number of hydrogen-bond donors (Lipinski definition) is 1. The van der Waals surface area contributed by atoms with E-state index in [2.05, 4.69) is 28.1 Å². The van der Waals surface area contributed by atoms with Gasteiger partial charge in [-0.05, 0) is 41.0 Å². The Hall–Kier alpha value is -1.91. The van der Waals surface area contributed by atoms with E-state index in [1.807, 2.05) is 24.5 Å². The van der Waals surface area contributed by atoms with Crippen LogP contribution in [-0.2, 0) is 11.3 Å². The molecule has 2 N–H and O–H groups in total. The first-order valence-electron chi connectivity index (χ1n) is 6.94. The van der Waals surface area contributed by atoms with Gasteiger partial charge in [0.2, 0.25) is 0 Å². The fourth-order valence-electron chi connectivity index (χ4n) is 2.58. The van der Waals surface area contributed by atoms with Crippen LogP contribution in [0.15, 0.2) is 42.7 Å². The molecule has 4 heteroatoms. The SMILES string of the molecule is NCc1cc(N2CCOCC2)ccc1-c1ccncc1. The maximum absolute atomic E-state index is 5.93. The number of aromatic nitrogens is 1. The third kappa shape index (κ3) is 2.66. The number of rotatable bonds is 3. The molecule has 1 aromatic heterocycles. The number of hydrogen-bond acceptors (Lipinski definition) is 4. The third-order valence-electron chi connectivity index (χ3n) is 3.68. The number of morpholine rings is 1. The standard InChI is InChI=1S/C16H19N3O/c17-12-14-11-15(19-7-9-20-10-8-19)1-2-16(14)13-3-5-18-6-4-13/h1-6,11H,7-10,12,17H2. The van der Waals surface area contributed by atoms with Crippen LogP contribution in [0, 0.1) is 0 Å². The van der Waals surface area contributed by atoms with Crippen molar-refractivity contribution in [3.63, 3.8) is 0 Å². The van der Waals surface area contributed by atoms with Crippen LogP contribution < -0.4 is 10.6 Å². The molecule has 0 atom stereocenters. The first-order chi connectivity index (χ1) is 9.88. The third-order valence-corrected chi connectivity index (χ3v) is 3.68. The van der Waals surface area contributed by atoms with E-state index in [-0.39, 0.29) is 0 Å². The molecule has 2 heterocycles. The van der Waals surface area contributed by atoms with Gasteiger partial charge in [0.25, 0.3) is 0 Å². The second-order valence-electron chi connectivity index (χ2n) is 4.88. The predicted molar refractivity (Wildman–Crippen MR) is 80.6 cm³/mol. The van der Waals surface area contributed by atoms with Crippen LogP contribution in [0.5, 0.6) is 0 Å². The van der Waals surface area contributed by atoms with Crippen molar-refractivity contribution in [1.82, 2.24) is 4.98 Å². The van der Waals surface area contributed by atoms with Crippen LogP contribution in [-0.4, -0.2) is 31.3 Å². The van der Waals surface area contributed by atoms with Gasteiger partial charge in [0, 0.05) is 37.7 Å². The molecule has 0 spiro atoms. The Morgan fingerprint density at radius 3 is 2.55 bits per heavy atom. The van der Waals surface area contributed by atoms with E-state index in [1.165, 1.54) is 16.8 Å². The molecule has 1 aliphatic rings. The first-order valence-corrected chi connectivity index (χ1v) is 6.94. The summed E-state index contributed by atoms with van der Waals surface area (Å²) in [4.78, 5) is 6.41. The Labute approximate surface area is 119 Å². The summed E-state index contributed by atoms with van der Waals surface area (Å²) in [6.07, 6.45) is 3.62. The van der Waals surface area contributed by atoms with E-state index in [9.17, 15) is 0 Å². The molecule has 104 valence electrons. The molecule has 20 heavy (non-hydrogen) atoms. The van der Waals surface area contributed by atoms with Gasteiger partial charge >= 0.3 is 0 Å². The zero-order chi connectivity index (χ0) is 13.8. The molecule has 0 aliphatic carbocycles. The molecule has 3 rings (SSSR count). The Morgan fingerprint density at radius 1 is 1.10 bits per heavy atom. The lowest BCUT2D eigenvalue weighted by molar-refractivity contribution is 0.122. The molecule has 1 saturated heterocycles. The monoisotopic (exact) mass is 269 g/mol. The summed E-state index contributed by atoms with van der Waals surface area (Å²) in [6.45, 7) is 4.02. The zero-order valence-electron chi connectivity index (χ0n) is 11.5. The number of benzene rings is 1. The molecule has 0 bridgehead atoms. The van der Waals surface area contributed by atoms with Crippen molar-refractivity contribution in [2.24, 2.45) is 5.73 Å². The van der Waals surface area contributed by atoms with Crippen molar-refractivity contribution in [3.05, 3.63) is 48.3 Å². The Balaban J connectivity index is 1.93. The molecule has 0 unspecified atom stereocenters.